The summed E-state index contributed by atoms with van der Waals surface area (Å²) in [6.45, 7) is -0.567. The molecule has 9 heteroatoms. The molecule has 0 spiro atoms. The van der Waals surface area contributed by atoms with Gasteiger partial charge in [0, 0.05) is 6.07 Å². The van der Waals surface area contributed by atoms with Crippen LogP contribution in [0.15, 0.2) is 18.2 Å². The lowest BCUT2D eigenvalue weighted by Crippen LogP contribution is -2.50. The van der Waals surface area contributed by atoms with Crippen LogP contribution in [0.2, 0.25) is 0 Å². The number of esters is 1. The van der Waals surface area contributed by atoms with Crippen LogP contribution >= 0.6 is 0 Å². The molecule has 0 bridgehead atoms. The van der Waals surface area contributed by atoms with E-state index in [2.05, 4.69) is 11.4 Å². The number of rotatable bonds is 6. The summed E-state index contributed by atoms with van der Waals surface area (Å²) in [7, 11) is 1.28. The minimum atomic E-state index is -0.916. The fraction of sp³-hybridized carbons (Fsp3) is 0.471. The zero-order valence-corrected chi connectivity index (χ0v) is 14.3. The second kappa shape index (κ2) is 8.29. The van der Waals surface area contributed by atoms with E-state index in [1.54, 1.807) is 0 Å². The number of nitro benzene ring substituents is 1. The number of methoxy groups -OCH3 is 1. The van der Waals surface area contributed by atoms with Gasteiger partial charge in [-0.1, -0.05) is 19.3 Å². The predicted molar refractivity (Wildman–Crippen MR) is 89.5 cm³/mol. The number of ether oxygens (including phenoxy) is 2. The van der Waals surface area contributed by atoms with Gasteiger partial charge in [0.05, 0.1) is 23.7 Å². The van der Waals surface area contributed by atoms with Crippen molar-refractivity contribution in [2.75, 3.05) is 13.7 Å². The highest BCUT2D eigenvalue weighted by Crippen LogP contribution is 2.28. The summed E-state index contributed by atoms with van der Waals surface area (Å²) >= 11 is 0. The molecule has 0 heterocycles. The number of nitrogens with one attached hydrogen (secondary N) is 1. The van der Waals surface area contributed by atoms with Crippen LogP contribution in [0.1, 0.15) is 42.5 Å². The zero-order chi connectivity index (χ0) is 19.2. The summed E-state index contributed by atoms with van der Waals surface area (Å²) in [6, 6.07) is 5.75. The zero-order valence-electron chi connectivity index (χ0n) is 14.3. The van der Waals surface area contributed by atoms with E-state index in [9.17, 15) is 25.0 Å². The summed E-state index contributed by atoms with van der Waals surface area (Å²) in [4.78, 5) is 34.4. The van der Waals surface area contributed by atoms with Crippen molar-refractivity contribution in [3.8, 4) is 11.8 Å². The van der Waals surface area contributed by atoms with Gasteiger partial charge in [0.15, 0.2) is 12.4 Å². The maximum absolute atomic E-state index is 12.0. The fourth-order valence-electron chi connectivity index (χ4n) is 2.90. The van der Waals surface area contributed by atoms with Gasteiger partial charge in [0.2, 0.25) is 0 Å². The first-order chi connectivity index (χ1) is 12.4. The minimum Gasteiger partial charge on any atom is -0.490 e. The molecule has 9 nitrogen and oxygen atoms in total. The van der Waals surface area contributed by atoms with Gasteiger partial charge in [-0.3, -0.25) is 14.9 Å². The number of benzene rings is 1. The van der Waals surface area contributed by atoms with Crippen LogP contribution < -0.4 is 10.1 Å². The highest BCUT2D eigenvalue weighted by atomic mass is 16.6. The maximum atomic E-state index is 12.0. The lowest BCUT2D eigenvalue weighted by molar-refractivity contribution is -0.385. The minimum absolute atomic E-state index is 0.0116. The molecule has 0 atom stereocenters. The van der Waals surface area contributed by atoms with Gasteiger partial charge in [-0.15, -0.1) is 0 Å². The number of hydrogen-bond acceptors (Lipinski definition) is 7. The quantitative estimate of drug-likeness (QED) is 0.466. The van der Waals surface area contributed by atoms with E-state index in [1.165, 1.54) is 19.2 Å². The van der Waals surface area contributed by atoms with Gasteiger partial charge in [-0.2, -0.15) is 5.26 Å². The highest BCUT2D eigenvalue weighted by Gasteiger charge is 2.33. The molecule has 1 aromatic rings. The van der Waals surface area contributed by atoms with Gasteiger partial charge in [-0.05, 0) is 25.0 Å². The number of carbonyl (C=O) groups is 2. The lowest BCUT2D eigenvalue weighted by atomic mass is 9.83. The van der Waals surface area contributed by atoms with E-state index in [4.69, 9.17) is 9.47 Å². The molecule has 2 rings (SSSR count). The average molecular weight is 361 g/mol. The SMILES string of the molecule is COc1ccc(C(=O)OCC(=O)NC2(C#N)CCCCC2)cc1[N+](=O)[O-]. The molecule has 0 radical (unpaired) electrons. The largest absolute Gasteiger partial charge is 0.490 e. The van der Waals surface area contributed by atoms with Gasteiger partial charge in [0.25, 0.3) is 5.91 Å². The van der Waals surface area contributed by atoms with Crippen LogP contribution in [-0.4, -0.2) is 36.1 Å². The Hall–Kier alpha value is -3.15. The van der Waals surface area contributed by atoms with Crippen molar-refractivity contribution in [1.29, 1.82) is 5.26 Å². The molecule has 1 fully saturated rings. The second-order valence-electron chi connectivity index (χ2n) is 6.02. The molecule has 0 unspecified atom stereocenters. The van der Waals surface area contributed by atoms with Crippen LogP contribution in [0.3, 0.4) is 0 Å². The molecular formula is C17H19N3O6. The van der Waals surface area contributed by atoms with Crippen LogP contribution in [0, 0.1) is 21.4 Å². The van der Waals surface area contributed by atoms with Crippen molar-refractivity contribution in [3.05, 3.63) is 33.9 Å². The van der Waals surface area contributed by atoms with Gasteiger partial charge < -0.3 is 14.8 Å². The summed E-state index contributed by atoms with van der Waals surface area (Å²) in [5, 5.41) is 23.0. The van der Waals surface area contributed by atoms with E-state index < -0.39 is 28.9 Å². The van der Waals surface area contributed by atoms with Crippen molar-refractivity contribution >= 4 is 17.6 Å². The molecule has 26 heavy (non-hydrogen) atoms. The Labute approximate surface area is 150 Å². The third kappa shape index (κ3) is 4.47. The molecule has 0 saturated heterocycles. The molecule has 1 aliphatic carbocycles. The standard InChI is InChI=1S/C17H19N3O6/c1-25-14-6-5-12(9-13(14)20(23)24)16(22)26-10-15(21)19-17(11-18)7-3-2-4-8-17/h5-6,9H,2-4,7-8,10H2,1H3,(H,19,21). The molecule has 1 saturated carbocycles. The maximum Gasteiger partial charge on any atom is 0.338 e. The summed E-state index contributed by atoms with van der Waals surface area (Å²) < 4.78 is 9.76. The lowest BCUT2D eigenvalue weighted by Gasteiger charge is -2.31. The Morgan fingerprint density at radius 2 is 2.04 bits per heavy atom. The fourth-order valence-corrected chi connectivity index (χ4v) is 2.90. The van der Waals surface area contributed by atoms with E-state index in [1.807, 2.05) is 0 Å². The Morgan fingerprint density at radius 3 is 2.62 bits per heavy atom. The Balaban J connectivity index is 1.98. The van der Waals surface area contributed by atoms with Crippen LogP contribution in [0.5, 0.6) is 5.75 Å². The van der Waals surface area contributed by atoms with Crippen molar-refractivity contribution in [2.45, 2.75) is 37.6 Å². The molecule has 1 aliphatic rings. The Morgan fingerprint density at radius 1 is 1.35 bits per heavy atom. The third-order valence-electron chi connectivity index (χ3n) is 4.25. The van der Waals surface area contributed by atoms with E-state index in [0.29, 0.717) is 12.8 Å². The first-order valence-corrected chi connectivity index (χ1v) is 8.12. The normalized spacial score (nSPS) is 15.4. The Bertz CT molecular complexity index is 749. The van der Waals surface area contributed by atoms with Crippen LogP contribution in [-0.2, 0) is 9.53 Å². The predicted octanol–water partition coefficient (Wildman–Crippen LogP) is 2.10. The first kappa shape index (κ1) is 19.2. The molecule has 1 aromatic carbocycles. The van der Waals surface area contributed by atoms with E-state index >= 15 is 0 Å². The summed E-state index contributed by atoms with van der Waals surface area (Å²) in [5.41, 5.74) is -1.37. The van der Waals surface area contributed by atoms with Gasteiger partial charge in [-0.25, -0.2) is 4.79 Å². The number of carbonyl (C=O) groups excluding carboxylic acids is 2. The van der Waals surface area contributed by atoms with Crippen LogP contribution in [0.25, 0.3) is 0 Å². The summed E-state index contributed by atoms with van der Waals surface area (Å²) in [5.74, 6) is -1.44. The number of nitrogens with zero attached hydrogens (tertiary/aromatic N) is 2. The average Bonchev–Trinajstić information content (AvgIpc) is 2.66. The Kier molecular flexibility index (Phi) is 6.11. The number of amides is 1. The van der Waals surface area contributed by atoms with Gasteiger partial charge in [0.1, 0.15) is 5.54 Å². The molecule has 1 N–H and O–H groups in total. The van der Waals surface area contributed by atoms with Crippen LogP contribution in [0.4, 0.5) is 5.69 Å². The molecule has 0 aromatic heterocycles. The number of hydrogen-bond donors (Lipinski definition) is 1. The molecule has 138 valence electrons. The second-order valence-corrected chi connectivity index (χ2v) is 6.02. The first-order valence-electron chi connectivity index (χ1n) is 8.12. The highest BCUT2D eigenvalue weighted by molar-refractivity contribution is 5.92. The number of nitro groups is 1. The topological polar surface area (TPSA) is 132 Å². The molecule has 1 amide bonds. The monoisotopic (exact) mass is 361 g/mol. The smallest absolute Gasteiger partial charge is 0.338 e. The van der Waals surface area contributed by atoms with Gasteiger partial charge >= 0.3 is 11.7 Å². The van der Waals surface area contributed by atoms with E-state index in [0.717, 1.165) is 25.3 Å². The molecule has 0 aliphatic heterocycles. The number of nitriles is 1. The van der Waals surface area contributed by atoms with E-state index in [-0.39, 0.29) is 17.0 Å². The van der Waals surface area contributed by atoms with Crippen molar-refractivity contribution in [2.24, 2.45) is 0 Å². The van der Waals surface area contributed by atoms with Crippen molar-refractivity contribution in [3.63, 3.8) is 0 Å². The van der Waals surface area contributed by atoms with Crippen molar-refractivity contribution < 1.29 is 24.0 Å². The van der Waals surface area contributed by atoms with Crippen molar-refractivity contribution in [1.82, 2.24) is 5.32 Å². The third-order valence-corrected chi connectivity index (χ3v) is 4.25. The summed E-state index contributed by atoms with van der Waals surface area (Å²) in [6.07, 6.45) is 3.85. The molecular weight excluding hydrogens is 342 g/mol.